The fraction of sp³-hybridized carbons (Fsp3) is 0.500. The normalized spacial score (nSPS) is 25.3. The van der Waals surface area contributed by atoms with Gasteiger partial charge >= 0.3 is 0 Å². The molecule has 1 aliphatic heterocycles. The average Bonchev–Trinajstić information content (AvgIpc) is 2.85. The van der Waals surface area contributed by atoms with Crippen LogP contribution in [0.25, 0.3) is 11.2 Å². The molecule has 1 atom stereocenters. The Bertz CT molecular complexity index is 525. The van der Waals surface area contributed by atoms with Crippen molar-refractivity contribution in [1.82, 2.24) is 25.3 Å². The number of hydrogen-bond acceptors (Lipinski definition) is 5. The number of rotatable bonds is 1. The minimum absolute atomic E-state index is 0.0487. The van der Waals surface area contributed by atoms with Crippen molar-refractivity contribution in [2.45, 2.75) is 18.8 Å². The molecule has 16 heavy (non-hydrogen) atoms. The van der Waals surface area contributed by atoms with Crippen LogP contribution in [-0.2, 0) is 5.41 Å². The number of nitrogens with zero attached hydrogens (tertiary/aromatic N) is 3. The Labute approximate surface area is 92.7 Å². The average molecular weight is 218 g/mol. The summed E-state index contributed by atoms with van der Waals surface area (Å²) in [7, 11) is 0. The van der Waals surface area contributed by atoms with Crippen molar-refractivity contribution < 1.29 is 0 Å². The highest BCUT2D eigenvalue weighted by atomic mass is 15.1. The Morgan fingerprint density at radius 1 is 1.44 bits per heavy atom. The minimum atomic E-state index is 0.0487. The zero-order chi connectivity index (χ0) is 11.2. The first-order chi connectivity index (χ1) is 7.69. The van der Waals surface area contributed by atoms with Gasteiger partial charge < -0.3 is 16.0 Å². The largest absolute Gasteiger partial charge is 0.382 e. The number of aromatic amines is 1. The summed E-state index contributed by atoms with van der Waals surface area (Å²) in [5, 5.41) is 3.34. The van der Waals surface area contributed by atoms with Crippen LogP contribution >= 0.6 is 0 Å². The topological polar surface area (TPSA) is 92.5 Å². The van der Waals surface area contributed by atoms with E-state index in [1.165, 1.54) is 6.33 Å². The molecular weight excluding hydrogens is 204 g/mol. The third-order valence-electron chi connectivity index (χ3n) is 3.26. The number of hydrogen-bond donors (Lipinski definition) is 3. The number of imidazole rings is 1. The molecule has 4 N–H and O–H groups in total. The van der Waals surface area contributed by atoms with E-state index in [9.17, 15) is 0 Å². The van der Waals surface area contributed by atoms with Gasteiger partial charge in [0.2, 0.25) is 0 Å². The predicted octanol–water partition coefficient (Wildman–Crippen LogP) is 0.186. The first-order valence-electron chi connectivity index (χ1n) is 5.36. The number of fused-ring (bicyclic) bond motifs is 1. The number of aromatic nitrogens is 4. The van der Waals surface area contributed by atoms with Crippen molar-refractivity contribution in [2.24, 2.45) is 0 Å². The van der Waals surface area contributed by atoms with Crippen molar-refractivity contribution in [3.05, 3.63) is 12.2 Å². The lowest BCUT2D eigenvalue weighted by atomic mass is 9.89. The second-order valence-corrected chi connectivity index (χ2v) is 4.53. The number of nitrogen functional groups attached to an aromatic ring is 1. The molecule has 0 bridgehead atoms. The van der Waals surface area contributed by atoms with Gasteiger partial charge in [0, 0.05) is 12.0 Å². The van der Waals surface area contributed by atoms with Crippen LogP contribution < -0.4 is 11.1 Å². The SMILES string of the molecule is CC1(c2nc3ncnc(N)c3[nH]2)CCNC1. The molecule has 0 aliphatic carbocycles. The Hall–Kier alpha value is -1.69. The number of H-pyrrole nitrogens is 1. The van der Waals surface area contributed by atoms with Crippen LogP contribution in [0, 0.1) is 0 Å². The maximum absolute atomic E-state index is 5.77. The van der Waals surface area contributed by atoms with Gasteiger partial charge in [-0.3, -0.25) is 0 Å². The highest BCUT2D eigenvalue weighted by Crippen LogP contribution is 2.29. The molecule has 6 nitrogen and oxygen atoms in total. The second kappa shape index (κ2) is 3.15. The van der Waals surface area contributed by atoms with E-state index in [0.717, 1.165) is 30.9 Å². The zero-order valence-corrected chi connectivity index (χ0v) is 9.12. The predicted molar refractivity (Wildman–Crippen MR) is 60.9 cm³/mol. The van der Waals surface area contributed by atoms with Crippen LogP contribution in [0.15, 0.2) is 6.33 Å². The van der Waals surface area contributed by atoms with Crippen molar-refractivity contribution >= 4 is 17.0 Å². The molecular formula is C10H14N6. The van der Waals surface area contributed by atoms with Crippen molar-refractivity contribution in [3.63, 3.8) is 0 Å². The first-order valence-corrected chi connectivity index (χ1v) is 5.36. The van der Waals surface area contributed by atoms with Crippen LogP contribution in [0.1, 0.15) is 19.2 Å². The van der Waals surface area contributed by atoms with E-state index >= 15 is 0 Å². The zero-order valence-electron chi connectivity index (χ0n) is 9.12. The first kappa shape index (κ1) is 9.53. The Morgan fingerprint density at radius 2 is 2.31 bits per heavy atom. The summed E-state index contributed by atoms with van der Waals surface area (Å²) < 4.78 is 0. The van der Waals surface area contributed by atoms with Crippen molar-refractivity contribution in [3.8, 4) is 0 Å². The molecule has 1 aliphatic rings. The Kier molecular flexibility index (Phi) is 1.88. The van der Waals surface area contributed by atoms with Gasteiger partial charge in [0.25, 0.3) is 0 Å². The number of nitrogens with one attached hydrogen (secondary N) is 2. The lowest BCUT2D eigenvalue weighted by Crippen LogP contribution is -2.26. The van der Waals surface area contributed by atoms with Gasteiger partial charge in [0.1, 0.15) is 17.7 Å². The second-order valence-electron chi connectivity index (χ2n) is 4.53. The van der Waals surface area contributed by atoms with Gasteiger partial charge in [-0.15, -0.1) is 0 Å². The van der Waals surface area contributed by atoms with E-state index in [0.29, 0.717) is 11.5 Å². The summed E-state index contributed by atoms with van der Waals surface area (Å²) in [4.78, 5) is 15.8. The van der Waals surface area contributed by atoms with E-state index in [-0.39, 0.29) is 5.41 Å². The van der Waals surface area contributed by atoms with Gasteiger partial charge in [-0.2, -0.15) is 0 Å². The highest BCUT2D eigenvalue weighted by molar-refractivity contribution is 5.81. The molecule has 3 heterocycles. The summed E-state index contributed by atoms with van der Waals surface area (Å²) in [6, 6.07) is 0. The fourth-order valence-electron chi connectivity index (χ4n) is 2.15. The molecule has 6 heteroatoms. The molecule has 1 unspecified atom stereocenters. The smallest absolute Gasteiger partial charge is 0.183 e. The quantitative estimate of drug-likeness (QED) is 0.635. The molecule has 0 radical (unpaired) electrons. The maximum atomic E-state index is 5.77. The van der Waals surface area contributed by atoms with Gasteiger partial charge in [0.15, 0.2) is 11.5 Å². The van der Waals surface area contributed by atoms with E-state index in [1.807, 2.05) is 0 Å². The minimum Gasteiger partial charge on any atom is -0.382 e. The molecule has 2 aromatic rings. The van der Waals surface area contributed by atoms with E-state index in [4.69, 9.17) is 5.73 Å². The van der Waals surface area contributed by atoms with E-state index in [2.05, 4.69) is 32.2 Å². The molecule has 0 aromatic carbocycles. The summed E-state index contributed by atoms with van der Waals surface area (Å²) in [5.41, 5.74) is 7.21. The summed E-state index contributed by atoms with van der Waals surface area (Å²) >= 11 is 0. The third kappa shape index (κ3) is 1.26. The molecule has 84 valence electrons. The Morgan fingerprint density at radius 3 is 3.00 bits per heavy atom. The van der Waals surface area contributed by atoms with Gasteiger partial charge in [0.05, 0.1) is 0 Å². The van der Waals surface area contributed by atoms with Crippen LogP contribution in [0.5, 0.6) is 0 Å². The summed E-state index contributed by atoms with van der Waals surface area (Å²) in [5.74, 6) is 1.40. The molecule has 0 saturated carbocycles. The van der Waals surface area contributed by atoms with E-state index < -0.39 is 0 Å². The van der Waals surface area contributed by atoms with Crippen LogP contribution in [0.2, 0.25) is 0 Å². The van der Waals surface area contributed by atoms with Gasteiger partial charge in [-0.05, 0) is 13.0 Å². The molecule has 2 aromatic heterocycles. The molecule has 1 fully saturated rings. The lowest BCUT2D eigenvalue weighted by molar-refractivity contribution is 0.496. The van der Waals surface area contributed by atoms with Crippen LogP contribution in [0.3, 0.4) is 0 Å². The number of nitrogens with two attached hydrogens (primary N) is 1. The van der Waals surface area contributed by atoms with Crippen molar-refractivity contribution in [2.75, 3.05) is 18.8 Å². The lowest BCUT2D eigenvalue weighted by Gasteiger charge is -2.18. The third-order valence-corrected chi connectivity index (χ3v) is 3.26. The van der Waals surface area contributed by atoms with Crippen molar-refractivity contribution in [1.29, 1.82) is 0 Å². The monoisotopic (exact) mass is 218 g/mol. The van der Waals surface area contributed by atoms with E-state index in [1.54, 1.807) is 0 Å². The standard InChI is InChI=1S/C10H14N6/c1-10(2-3-12-4-10)9-15-6-7(11)13-5-14-8(6)16-9/h5,12H,2-4H2,1H3,(H3,11,13,14,15,16). The molecule has 1 saturated heterocycles. The Balaban J connectivity index is 2.15. The molecule has 3 rings (SSSR count). The van der Waals surface area contributed by atoms with Crippen LogP contribution in [0.4, 0.5) is 5.82 Å². The highest BCUT2D eigenvalue weighted by Gasteiger charge is 2.33. The molecule has 0 spiro atoms. The maximum Gasteiger partial charge on any atom is 0.183 e. The molecule has 0 amide bonds. The summed E-state index contributed by atoms with van der Waals surface area (Å²) in [6.07, 6.45) is 2.51. The summed E-state index contributed by atoms with van der Waals surface area (Å²) in [6.45, 7) is 4.14. The number of anilines is 1. The van der Waals surface area contributed by atoms with Gasteiger partial charge in [-0.25, -0.2) is 15.0 Å². The fourth-order valence-corrected chi connectivity index (χ4v) is 2.15. The van der Waals surface area contributed by atoms with Gasteiger partial charge in [-0.1, -0.05) is 6.92 Å². The van der Waals surface area contributed by atoms with Crippen LogP contribution in [-0.4, -0.2) is 33.0 Å².